The van der Waals surface area contributed by atoms with Gasteiger partial charge in [-0.2, -0.15) is 0 Å². The Balaban J connectivity index is 3.67. The van der Waals surface area contributed by atoms with Crippen LogP contribution in [0.25, 0.3) is 10.4 Å². The maximum absolute atomic E-state index is 8.11. The molecule has 0 aromatic rings. The number of nitrogens with zero attached hydrogens (tertiary/aromatic N) is 4. The van der Waals surface area contributed by atoms with Crippen molar-refractivity contribution in [2.24, 2.45) is 5.11 Å². The van der Waals surface area contributed by atoms with E-state index in [4.69, 9.17) is 10.3 Å². The molecule has 0 aliphatic heterocycles. The van der Waals surface area contributed by atoms with Crippen molar-refractivity contribution in [2.75, 3.05) is 33.4 Å². The van der Waals surface area contributed by atoms with E-state index in [1.54, 1.807) is 7.11 Å². The highest BCUT2D eigenvalue weighted by molar-refractivity contribution is 4.63. The molecule has 14 heavy (non-hydrogen) atoms. The van der Waals surface area contributed by atoms with Gasteiger partial charge in [-0.15, -0.1) is 0 Å². The summed E-state index contributed by atoms with van der Waals surface area (Å²) in [6.45, 7) is 7.53. The van der Waals surface area contributed by atoms with Gasteiger partial charge in [0.2, 0.25) is 0 Å². The van der Waals surface area contributed by atoms with E-state index in [2.05, 4.69) is 28.8 Å². The summed E-state index contributed by atoms with van der Waals surface area (Å²) in [5, 5.41) is 3.51. The molecule has 0 N–H and O–H groups in total. The summed E-state index contributed by atoms with van der Waals surface area (Å²) in [7, 11) is 1.71. The summed E-state index contributed by atoms with van der Waals surface area (Å²) < 4.78 is 5.03. The van der Waals surface area contributed by atoms with Gasteiger partial charge in [0.1, 0.15) is 0 Å². The maximum Gasteiger partial charge on any atom is 0.0589 e. The van der Waals surface area contributed by atoms with Crippen molar-refractivity contribution in [3.8, 4) is 0 Å². The molecular weight excluding hydrogens is 180 g/mol. The normalized spacial score (nSPS) is 10.6. The Bertz CT molecular complexity index is 178. The van der Waals surface area contributed by atoms with Crippen molar-refractivity contribution in [2.45, 2.75) is 26.3 Å². The minimum absolute atomic E-state index is 0.510. The summed E-state index contributed by atoms with van der Waals surface area (Å²) in [5.41, 5.74) is 8.11. The van der Waals surface area contributed by atoms with E-state index in [9.17, 15) is 0 Å². The van der Waals surface area contributed by atoms with Crippen LogP contribution in [0.4, 0.5) is 0 Å². The predicted molar refractivity (Wildman–Crippen MR) is 57.2 cm³/mol. The van der Waals surface area contributed by atoms with Crippen molar-refractivity contribution in [3.05, 3.63) is 10.4 Å². The van der Waals surface area contributed by atoms with Crippen LogP contribution in [0.1, 0.15) is 20.3 Å². The van der Waals surface area contributed by atoms with Gasteiger partial charge in [0.25, 0.3) is 0 Å². The van der Waals surface area contributed by atoms with Gasteiger partial charge >= 0.3 is 0 Å². The highest BCUT2D eigenvalue weighted by atomic mass is 16.5. The smallest absolute Gasteiger partial charge is 0.0589 e. The van der Waals surface area contributed by atoms with E-state index >= 15 is 0 Å². The number of rotatable bonds is 8. The second kappa shape index (κ2) is 8.81. The van der Waals surface area contributed by atoms with Crippen LogP contribution in [0, 0.1) is 0 Å². The molecular formula is C9H20N4O. The summed E-state index contributed by atoms with van der Waals surface area (Å²) in [6.07, 6.45) is 0.909. The molecule has 0 spiro atoms. The van der Waals surface area contributed by atoms with Crippen LogP contribution in [0.15, 0.2) is 5.11 Å². The third kappa shape index (κ3) is 6.71. The third-order valence-corrected chi connectivity index (χ3v) is 2.08. The van der Waals surface area contributed by atoms with E-state index in [0.29, 0.717) is 12.6 Å². The molecule has 0 bridgehead atoms. The van der Waals surface area contributed by atoms with Gasteiger partial charge in [0, 0.05) is 31.2 Å². The predicted octanol–water partition coefficient (Wildman–Crippen LogP) is 2.04. The molecule has 5 nitrogen and oxygen atoms in total. The number of hydrogen-bond donors (Lipinski definition) is 0. The Kier molecular flexibility index (Phi) is 8.33. The van der Waals surface area contributed by atoms with Gasteiger partial charge < -0.3 is 4.74 Å². The Morgan fingerprint density at radius 1 is 1.43 bits per heavy atom. The number of methoxy groups -OCH3 is 1. The topological polar surface area (TPSA) is 61.2 Å². The largest absolute Gasteiger partial charge is 0.383 e. The van der Waals surface area contributed by atoms with Crippen LogP contribution in [0.2, 0.25) is 0 Å². The van der Waals surface area contributed by atoms with Gasteiger partial charge in [0.15, 0.2) is 0 Å². The monoisotopic (exact) mass is 200 g/mol. The molecule has 0 aliphatic rings. The SMILES string of the molecule is COCCN(CCCN=[N+]=[N-])C(C)C. The Labute approximate surface area is 85.7 Å². The molecule has 0 rings (SSSR count). The van der Waals surface area contributed by atoms with E-state index in [-0.39, 0.29) is 0 Å². The fraction of sp³-hybridized carbons (Fsp3) is 1.00. The van der Waals surface area contributed by atoms with Crippen molar-refractivity contribution >= 4 is 0 Å². The van der Waals surface area contributed by atoms with Crippen LogP contribution in [-0.4, -0.2) is 44.3 Å². The summed E-state index contributed by atoms with van der Waals surface area (Å²) in [6, 6.07) is 0.510. The van der Waals surface area contributed by atoms with E-state index in [1.807, 2.05) is 0 Å². The zero-order valence-electron chi connectivity index (χ0n) is 9.31. The lowest BCUT2D eigenvalue weighted by molar-refractivity contribution is 0.129. The van der Waals surface area contributed by atoms with Gasteiger partial charge in [-0.3, -0.25) is 4.90 Å². The molecule has 5 heteroatoms. The van der Waals surface area contributed by atoms with Crippen LogP contribution >= 0.6 is 0 Å². The number of azide groups is 1. The maximum atomic E-state index is 8.11. The highest BCUT2D eigenvalue weighted by Crippen LogP contribution is 1.99. The molecule has 0 saturated heterocycles. The minimum Gasteiger partial charge on any atom is -0.383 e. The first-order valence-corrected chi connectivity index (χ1v) is 4.96. The quantitative estimate of drug-likeness (QED) is 0.260. The first-order chi connectivity index (χ1) is 6.72. The lowest BCUT2D eigenvalue weighted by Gasteiger charge is -2.25. The van der Waals surface area contributed by atoms with Crippen molar-refractivity contribution in [3.63, 3.8) is 0 Å². The molecule has 0 aromatic carbocycles. The lowest BCUT2D eigenvalue weighted by atomic mass is 10.3. The Morgan fingerprint density at radius 3 is 2.64 bits per heavy atom. The molecule has 0 heterocycles. The van der Waals surface area contributed by atoms with Crippen molar-refractivity contribution in [1.82, 2.24) is 4.90 Å². The average molecular weight is 200 g/mol. The van der Waals surface area contributed by atoms with Crippen LogP contribution < -0.4 is 0 Å². The summed E-state index contributed by atoms with van der Waals surface area (Å²) in [4.78, 5) is 5.04. The highest BCUT2D eigenvalue weighted by Gasteiger charge is 2.07. The molecule has 0 amide bonds. The van der Waals surface area contributed by atoms with Crippen LogP contribution in [-0.2, 0) is 4.74 Å². The summed E-state index contributed by atoms with van der Waals surface area (Å²) >= 11 is 0. The molecule has 82 valence electrons. The lowest BCUT2D eigenvalue weighted by Crippen LogP contribution is -2.34. The first-order valence-electron chi connectivity index (χ1n) is 4.96. The van der Waals surface area contributed by atoms with Gasteiger partial charge in [0.05, 0.1) is 6.61 Å². The van der Waals surface area contributed by atoms with Gasteiger partial charge in [-0.05, 0) is 32.3 Å². The molecule has 0 fully saturated rings. The fourth-order valence-corrected chi connectivity index (χ4v) is 1.23. The van der Waals surface area contributed by atoms with Crippen LogP contribution in [0.3, 0.4) is 0 Å². The second-order valence-corrected chi connectivity index (χ2v) is 3.43. The molecule has 0 atom stereocenters. The van der Waals surface area contributed by atoms with Crippen molar-refractivity contribution < 1.29 is 4.74 Å². The number of hydrogen-bond acceptors (Lipinski definition) is 3. The Hall–Kier alpha value is -0.770. The third-order valence-electron chi connectivity index (χ3n) is 2.08. The molecule has 0 aliphatic carbocycles. The van der Waals surface area contributed by atoms with Crippen molar-refractivity contribution in [1.29, 1.82) is 0 Å². The van der Waals surface area contributed by atoms with Crippen LogP contribution in [0.5, 0.6) is 0 Å². The second-order valence-electron chi connectivity index (χ2n) is 3.43. The van der Waals surface area contributed by atoms with E-state index in [1.165, 1.54) is 0 Å². The van der Waals surface area contributed by atoms with Gasteiger partial charge in [-0.1, -0.05) is 5.11 Å². The molecule has 0 radical (unpaired) electrons. The molecule has 0 aromatic heterocycles. The Morgan fingerprint density at radius 2 is 2.14 bits per heavy atom. The minimum atomic E-state index is 0.510. The standard InChI is InChI=1S/C9H20N4O/c1-9(2)13(7-8-14-3)6-4-5-11-12-10/h9H,4-8H2,1-3H3. The first kappa shape index (κ1) is 13.2. The molecule has 0 unspecified atom stereocenters. The fourth-order valence-electron chi connectivity index (χ4n) is 1.23. The van der Waals surface area contributed by atoms with Gasteiger partial charge in [-0.25, -0.2) is 0 Å². The number of ether oxygens (including phenoxy) is 1. The average Bonchev–Trinajstić information content (AvgIpc) is 2.16. The zero-order valence-corrected chi connectivity index (χ0v) is 9.31. The summed E-state index contributed by atoms with van der Waals surface area (Å²) in [5.74, 6) is 0. The zero-order chi connectivity index (χ0) is 10.8. The molecule has 0 saturated carbocycles. The van der Waals surface area contributed by atoms with E-state index in [0.717, 1.165) is 26.1 Å². The van der Waals surface area contributed by atoms with E-state index < -0.39 is 0 Å².